The molecule has 0 bridgehead atoms. The fraction of sp³-hybridized carbons (Fsp3) is 0.407. The predicted molar refractivity (Wildman–Crippen MR) is 147 cm³/mol. The quantitative estimate of drug-likeness (QED) is 0.230. The Morgan fingerprint density at radius 2 is 1.79 bits per heavy atom. The van der Waals surface area contributed by atoms with Crippen molar-refractivity contribution in [3.05, 3.63) is 81.0 Å². The van der Waals surface area contributed by atoms with Crippen LogP contribution in [0.25, 0.3) is 11.0 Å². The predicted octanol–water partition coefficient (Wildman–Crippen LogP) is 7.35. The molecule has 11 heteroatoms. The molecule has 1 saturated heterocycles. The van der Waals surface area contributed by atoms with Crippen LogP contribution in [0.2, 0.25) is 5.02 Å². The molecule has 1 aliphatic rings. The zero-order chi connectivity index (χ0) is 27.0. The number of alkyl halides is 3. The number of hydrogen-bond acceptors (Lipinski definition) is 4. The third-order valence-electron chi connectivity index (χ3n) is 6.83. The van der Waals surface area contributed by atoms with Gasteiger partial charge in [-0.2, -0.15) is 13.2 Å². The molecule has 38 heavy (non-hydrogen) atoms. The Kier molecular flexibility index (Phi) is 7.96. The van der Waals surface area contributed by atoms with Crippen molar-refractivity contribution in [1.82, 2.24) is 18.8 Å². The van der Waals surface area contributed by atoms with Gasteiger partial charge in [0.2, 0.25) is 11.0 Å². The molecule has 4 aromatic rings. The van der Waals surface area contributed by atoms with Gasteiger partial charge < -0.3 is 4.57 Å². The van der Waals surface area contributed by atoms with Crippen LogP contribution in [0, 0.1) is 5.92 Å². The number of nitrogens with zero attached hydrogens (tertiary/aromatic N) is 4. The van der Waals surface area contributed by atoms with Gasteiger partial charge in [0.1, 0.15) is 10.8 Å². The third-order valence-corrected chi connectivity index (χ3v) is 9.16. The monoisotopic (exact) mass is 580 g/mol. The van der Waals surface area contributed by atoms with Gasteiger partial charge in [0.15, 0.2) is 0 Å². The van der Waals surface area contributed by atoms with Gasteiger partial charge >= 0.3 is 5.51 Å². The zero-order valence-corrected chi connectivity index (χ0v) is 23.4. The highest BCUT2D eigenvalue weighted by molar-refractivity contribution is 7.83. The van der Waals surface area contributed by atoms with Crippen molar-refractivity contribution in [2.24, 2.45) is 5.92 Å². The fourth-order valence-corrected chi connectivity index (χ4v) is 6.93. The third kappa shape index (κ3) is 5.68. The summed E-state index contributed by atoms with van der Waals surface area (Å²) in [6.07, 6.45) is 3.49. The molecule has 202 valence electrons. The molecule has 0 amide bonds. The van der Waals surface area contributed by atoms with Crippen molar-refractivity contribution in [1.29, 1.82) is 0 Å². The maximum Gasteiger partial charge on any atom is 0.485 e. The van der Waals surface area contributed by atoms with Gasteiger partial charge in [-0.25, -0.2) is 18.5 Å². The summed E-state index contributed by atoms with van der Waals surface area (Å²) >= 11 is 7.75. The van der Waals surface area contributed by atoms with Gasteiger partial charge in [-0.3, -0.25) is 0 Å². The molecule has 2 aromatic carbocycles. The Balaban J connectivity index is 1.55. The summed E-state index contributed by atoms with van der Waals surface area (Å²) in [6.45, 7) is 4.49. The molecule has 2 aromatic heterocycles. The smallest absolute Gasteiger partial charge is 0.325 e. The minimum atomic E-state index is -4.74. The first-order valence-corrected chi connectivity index (χ1v) is 14.9. The number of halogens is 4. The van der Waals surface area contributed by atoms with Crippen LogP contribution in [0.1, 0.15) is 60.6 Å². The average molecular weight is 581 g/mol. The van der Waals surface area contributed by atoms with Crippen molar-refractivity contribution < 1.29 is 17.4 Å². The second kappa shape index (κ2) is 11.1. The minimum Gasteiger partial charge on any atom is -0.325 e. The Hall–Kier alpha value is -2.27. The topological polar surface area (TPSA) is 51.0 Å². The lowest BCUT2D eigenvalue weighted by Crippen LogP contribution is -2.41. The van der Waals surface area contributed by atoms with Gasteiger partial charge in [-0.1, -0.05) is 43.6 Å². The van der Waals surface area contributed by atoms with Crippen LogP contribution < -0.4 is 0 Å². The summed E-state index contributed by atoms with van der Waals surface area (Å²) in [7, 11) is -2.98. The lowest BCUT2D eigenvalue weighted by atomic mass is 9.91. The maximum atomic E-state index is 13.1. The SMILES string of the molecule is CC(C)Cc1nc2ccc(C(c3ccc(Cl)cc3)c3nccs3)cc2n1C1CCN(S(=O)C(F)(F)F)CC1. The first kappa shape index (κ1) is 27.3. The molecule has 0 spiro atoms. The number of hydrogen-bond donors (Lipinski definition) is 0. The molecule has 2 unspecified atom stereocenters. The van der Waals surface area contributed by atoms with E-state index in [9.17, 15) is 17.4 Å². The van der Waals surface area contributed by atoms with Crippen LogP contribution in [0.5, 0.6) is 0 Å². The van der Waals surface area contributed by atoms with E-state index in [-0.39, 0.29) is 25.0 Å². The summed E-state index contributed by atoms with van der Waals surface area (Å²) in [5.74, 6) is 1.20. The van der Waals surface area contributed by atoms with Gasteiger partial charge in [-0.15, -0.1) is 11.3 Å². The highest BCUT2D eigenvalue weighted by Gasteiger charge is 2.42. The summed E-state index contributed by atoms with van der Waals surface area (Å²) in [5, 5.41) is 3.58. The summed E-state index contributed by atoms with van der Waals surface area (Å²) < 4.78 is 54.3. The average Bonchev–Trinajstić information content (AvgIpc) is 3.52. The lowest BCUT2D eigenvalue weighted by Gasteiger charge is -2.33. The number of benzene rings is 2. The summed E-state index contributed by atoms with van der Waals surface area (Å²) in [5.41, 5.74) is -0.787. The van der Waals surface area contributed by atoms with E-state index >= 15 is 0 Å². The largest absolute Gasteiger partial charge is 0.485 e. The Morgan fingerprint density at radius 1 is 1.11 bits per heavy atom. The molecule has 2 atom stereocenters. The molecule has 1 fully saturated rings. The number of fused-ring (bicyclic) bond motifs is 1. The van der Waals surface area contributed by atoms with E-state index in [0.29, 0.717) is 23.8 Å². The van der Waals surface area contributed by atoms with Crippen molar-refractivity contribution in [3.63, 3.8) is 0 Å². The van der Waals surface area contributed by atoms with Gasteiger partial charge in [0.25, 0.3) is 0 Å². The zero-order valence-electron chi connectivity index (χ0n) is 21.0. The van der Waals surface area contributed by atoms with Crippen LogP contribution in [-0.4, -0.2) is 41.6 Å². The van der Waals surface area contributed by atoms with Crippen molar-refractivity contribution >= 4 is 45.0 Å². The number of rotatable bonds is 7. The molecule has 5 rings (SSSR count). The molecular weight excluding hydrogens is 553 g/mol. The summed E-state index contributed by atoms with van der Waals surface area (Å²) in [6, 6.07) is 14.0. The normalized spacial score (nSPS) is 17.3. The van der Waals surface area contributed by atoms with Crippen LogP contribution in [0.15, 0.2) is 54.0 Å². The van der Waals surface area contributed by atoms with Gasteiger partial charge in [0, 0.05) is 42.2 Å². The number of imidazole rings is 1. The van der Waals surface area contributed by atoms with E-state index in [1.54, 1.807) is 17.5 Å². The standard InChI is InChI=1S/C27H28ClF3N4OS2/c1-17(2)15-24-33-22-8-5-19(25(26-32-11-14-37-26)18-3-6-20(28)7-4-18)16-23(22)35(24)21-9-12-34(13-10-21)38(36)27(29,30)31/h3-8,11,14,16-17,21,25H,9-10,12-13,15H2,1-2H3. The van der Waals surface area contributed by atoms with Crippen molar-refractivity contribution in [2.75, 3.05) is 13.1 Å². The van der Waals surface area contributed by atoms with E-state index < -0.39 is 16.5 Å². The van der Waals surface area contributed by atoms with E-state index in [1.165, 1.54) is 0 Å². The highest BCUT2D eigenvalue weighted by Crippen LogP contribution is 2.37. The second-order valence-electron chi connectivity index (χ2n) is 9.95. The van der Waals surface area contributed by atoms with Crippen LogP contribution in [0.4, 0.5) is 13.2 Å². The van der Waals surface area contributed by atoms with E-state index in [2.05, 4.69) is 35.5 Å². The fourth-order valence-electron chi connectivity index (χ4n) is 5.18. The van der Waals surface area contributed by atoms with E-state index in [4.69, 9.17) is 16.6 Å². The molecule has 3 heterocycles. The molecular formula is C27H28ClF3N4OS2. The number of aromatic nitrogens is 3. The maximum absolute atomic E-state index is 13.1. The van der Waals surface area contributed by atoms with Crippen molar-refractivity contribution in [3.8, 4) is 0 Å². The van der Waals surface area contributed by atoms with Crippen LogP contribution >= 0.6 is 22.9 Å². The second-order valence-corrected chi connectivity index (χ2v) is 12.8. The molecule has 0 aliphatic carbocycles. The number of piperidine rings is 1. The molecule has 1 aliphatic heterocycles. The lowest BCUT2D eigenvalue weighted by molar-refractivity contribution is -0.0434. The molecule has 0 saturated carbocycles. The van der Waals surface area contributed by atoms with Crippen LogP contribution in [-0.2, 0) is 17.4 Å². The van der Waals surface area contributed by atoms with E-state index in [1.807, 2.05) is 35.7 Å². The van der Waals surface area contributed by atoms with Crippen LogP contribution in [0.3, 0.4) is 0 Å². The Labute approximate surface area is 231 Å². The molecule has 5 nitrogen and oxygen atoms in total. The Morgan fingerprint density at radius 3 is 2.39 bits per heavy atom. The van der Waals surface area contributed by atoms with E-state index in [0.717, 1.165) is 43.7 Å². The number of thiazole rings is 1. The Bertz CT molecular complexity index is 1410. The first-order chi connectivity index (χ1) is 18.1. The molecule has 0 N–H and O–H groups in total. The van der Waals surface area contributed by atoms with Gasteiger partial charge in [-0.05, 0) is 54.2 Å². The highest BCUT2D eigenvalue weighted by atomic mass is 35.5. The molecule has 0 radical (unpaired) electrons. The minimum absolute atomic E-state index is 0.0284. The van der Waals surface area contributed by atoms with Crippen molar-refractivity contribution in [2.45, 2.75) is 50.6 Å². The first-order valence-electron chi connectivity index (χ1n) is 12.5. The van der Waals surface area contributed by atoms with Gasteiger partial charge in [0.05, 0.1) is 17.0 Å². The summed E-state index contributed by atoms with van der Waals surface area (Å²) in [4.78, 5) is 9.56.